The molecule has 0 unspecified atom stereocenters. The molecule has 304 valence electrons. The third kappa shape index (κ3) is 18.6. The highest BCUT2D eigenvalue weighted by Crippen LogP contribution is 2.32. The van der Waals surface area contributed by atoms with E-state index in [-0.39, 0.29) is 25.7 Å². The maximum atomic E-state index is 13.2. The number of hydrogen-bond donors (Lipinski definition) is 5. The quantitative estimate of drug-likeness (QED) is 0.0419. The summed E-state index contributed by atoms with van der Waals surface area (Å²) in [6, 6.07) is 0. The van der Waals surface area contributed by atoms with Crippen LogP contribution in [0.25, 0.3) is 0 Å². The van der Waals surface area contributed by atoms with Gasteiger partial charge in [-0.25, -0.2) is 0 Å². The molecule has 15 heteroatoms. The normalized spacial score (nSPS) is 22.5. The lowest BCUT2D eigenvalue weighted by Crippen LogP contribution is -2.63. The van der Waals surface area contributed by atoms with Crippen molar-refractivity contribution >= 4 is 23.9 Å². The van der Waals surface area contributed by atoms with Crippen molar-refractivity contribution in [3.8, 4) is 0 Å². The fraction of sp³-hybridized carbons (Fsp3) is 0.892. The topological polar surface area (TPSA) is 225 Å². The second-order valence-corrected chi connectivity index (χ2v) is 13.4. The Bertz CT molecular complexity index is 994. The second kappa shape index (κ2) is 28.1. The highest BCUT2D eigenvalue weighted by Gasteiger charge is 2.54. The number of hydrogen-bond acceptors (Lipinski definition) is 15. The molecular weight excluding hydrogens is 684 g/mol. The first kappa shape index (κ1) is 47.6. The van der Waals surface area contributed by atoms with Crippen LogP contribution in [0, 0.1) is 0 Å². The van der Waals surface area contributed by atoms with Crippen molar-refractivity contribution in [1.82, 2.24) is 0 Å². The van der Waals surface area contributed by atoms with E-state index in [0.29, 0.717) is 25.7 Å². The number of ether oxygens (including phenoxy) is 6. The molecule has 0 aliphatic carbocycles. The number of rotatable bonds is 29. The van der Waals surface area contributed by atoms with E-state index in [2.05, 4.69) is 6.92 Å². The SMILES string of the molecule is CCCCCCCC(=O)O[C@@H]1[C@H](OC[C@@H](O)[C@@H](O)[C@H](O)[C@H](O)CO)O[C@H](OC(=O)CCCCC)[C@@H](OC(=O)CCCCC)[C@@H]1OC(=O)CCCCC. The van der Waals surface area contributed by atoms with Gasteiger partial charge in [-0.3, -0.25) is 19.2 Å². The lowest BCUT2D eigenvalue weighted by molar-refractivity contribution is -0.348. The average molecular weight is 751 g/mol. The highest BCUT2D eigenvalue weighted by atomic mass is 16.8. The number of carbonyl (C=O) groups excluding carboxylic acids is 4. The van der Waals surface area contributed by atoms with E-state index in [1.54, 1.807) is 0 Å². The molecule has 0 amide bonds. The van der Waals surface area contributed by atoms with Gasteiger partial charge in [0, 0.05) is 25.7 Å². The van der Waals surface area contributed by atoms with Gasteiger partial charge in [0.1, 0.15) is 24.4 Å². The zero-order valence-corrected chi connectivity index (χ0v) is 31.7. The maximum Gasteiger partial charge on any atom is 0.308 e. The van der Waals surface area contributed by atoms with E-state index in [4.69, 9.17) is 33.5 Å². The van der Waals surface area contributed by atoms with Gasteiger partial charge in [-0.1, -0.05) is 91.9 Å². The Morgan fingerprint density at radius 3 is 1.33 bits per heavy atom. The van der Waals surface area contributed by atoms with Crippen LogP contribution in [0.3, 0.4) is 0 Å². The zero-order valence-electron chi connectivity index (χ0n) is 31.7. The molecule has 1 saturated heterocycles. The van der Waals surface area contributed by atoms with E-state index < -0.39 is 92.4 Å². The molecule has 52 heavy (non-hydrogen) atoms. The number of unbranched alkanes of at least 4 members (excludes halogenated alkanes) is 10. The van der Waals surface area contributed by atoms with Crippen LogP contribution in [0.4, 0.5) is 0 Å². The van der Waals surface area contributed by atoms with Crippen molar-refractivity contribution in [2.45, 2.75) is 199 Å². The van der Waals surface area contributed by atoms with Gasteiger partial charge in [-0.2, -0.15) is 0 Å². The minimum Gasteiger partial charge on any atom is -0.454 e. The number of carbonyl (C=O) groups is 4. The number of aliphatic hydroxyl groups is 5. The summed E-state index contributed by atoms with van der Waals surface area (Å²) >= 11 is 0. The molecule has 15 nitrogen and oxygen atoms in total. The summed E-state index contributed by atoms with van der Waals surface area (Å²) in [5, 5.41) is 50.0. The van der Waals surface area contributed by atoms with Gasteiger partial charge < -0.3 is 54.0 Å². The standard InChI is InChI=1S/C37H66O15/c1-5-9-13-14-18-22-29(43)49-34-33(48-27(41)19-15-10-6-2)35(50-28(42)20-16-11-7-3)37(51-30(44)21-17-12-8-4)52-36(34)47-24-26(40)32(46)31(45)25(39)23-38/h25-26,31-40,45-46H,5-24H2,1-4H3/t25-,26-,31-,32-,33-,34+,35+,36-,37+/m1/s1. The van der Waals surface area contributed by atoms with Crippen molar-refractivity contribution in [1.29, 1.82) is 0 Å². The molecule has 1 rings (SSSR count). The van der Waals surface area contributed by atoms with Crippen molar-refractivity contribution in [2.24, 2.45) is 0 Å². The molecule has 9 atom stereocenters. The van der Waals surface area contributed by atoms with Crippen LogP contribution in [-0.2, 0) is 47.6 Å². The van der Waals surface area contributed by atoms with Crippen LogP contribution < -0.4 is 0 Å². The van der Waals surface area contributed by atoms with E-state index >= 15 is 0 Å². The lowest BCUT2D eigenvalue weighted by Gasteiger charge is -2.44. The fourth-order valence-corrected chi connectivity index (χ4v) is 5.50. The largest absolute Gasteiger partial charge is 0.454 e. The molecule has 0 spiro atoms. The van der Waals surface area contributed by atoms with Crippen LogP contribution in [0.5, 0.6) is 0 Å². The Balaban J connectivity index is 3.57. The second-order valence-electron chi connectivity index (χ2n) is 13.4. The average Bonchev–Trinajstić information content (AvgIpc) is 3.12. The molecule has 0 aromatic carbocycles. The Morgan fingerprint density at radius 2 is 0.865 bits per heavy atom. The van der Waals surface area contributed by atoms with Gasteiger partial charge >= 0.3 is 23.9 Å². The number of aliphatic hydroxyl groups excluding tert-OH is 5. The van der Waals surface area contributed by atoms with Crippen LogP contribution >= 0.6 is 0 Å². The van der Waals surface area contributed by atoms with Crippen LogP contribution in [-0.4, -0.2) is 118 Å². The zero-order chi connectivity index (χ0) is 38.9. The fourth-order valence-electron chi connectivity index (χ4n) is 5.50. The summed E-state index contributed by atoms with van der Waals surface area (Å²) in [5.41, 5.74) is 0. The molecule has 0 bridgehead atoms. The van der Waals surface area contributed by atoms with Gasteiger partial charge in [0.05, 0.1) is 13.2 Å². The highest BCUT2D eigenvalue weighted by molar-refractivity contribution is 5.72. The summed E-state index contributed by atoms with van der Waals surface area (Å²) in [4.78, 5) is 52.6. The number of esters is 4. The van der Waals surface area contributed by atoms with Gasteiger partial charge in [-0.15, -0.1) is 0 Å². The predicted octanol–water partition coefficient (Wildman–Crippen LogP) is 3.50. The Kier molecular flexibility index (Phi) is 25.7. The Hall–Kier alpha value is -2.40. The molecule has 1 heterocycles. The minimum atomic E-state index is -1.99. The Morgan fingerprint density at radius 1 is 0.500 bits per heavy atom. The molecule has 1 fully saturated rings. The molecule has 0 aromatic heterocycles. The third-order valence-electron chi connectivity index (χ3n) is 8.70. The summed E-state index contributed by atoms with van der Waals surface area (Å²) < 4.78 is 34.9. The van der Waals surface area contributed by atoms with E-state index in [0.717, 1.165) is 64.2 Å². The van der Waals surface area contributed by atoms with Crippen molar-refractivity contribution in [2.75, 3.05) is 13.2 Å². The van der Waals surface area contributed by atoms with Crippen molar-refractivity contribution in [3.05, 3.63) is 0 Å². The molecule has 1 aliphatic rings. The van der Waals surface area contributed by atoms with Gasteiger partial charge in [0.15, 0.2) is 12.2 Å². The smallest absolute Gasteiger partial charge is 0.308 e. The predicted molar refractivity (Wildman–Crippen MR) is 187 cm³/mol. The van der Waals surface area contributed by atoms with Gasteiger partial charge in [0.25, 0.3) is 0 Å². The monoisotopic (exact) mass is 750 g/mol. The first-order valence-electron chi connectivity index (χ1n) is 19.3. The summed E-state index contributed by atoms with van der Waals surface area (Å²) in [6.45, 7) is 6.27. The Labute approximate surface area is 308 Å². The first-order chi connectivity index (χ1) is 24.9. The first-order valence-corrected chi connectivity index (χ1v) is 19.3. The summed E-state index contributed by atoms with van der Waals surface area (Å²) in [7, 11) is 0. The molecule has 0 radical (unpaired) electrons. The summed E-state index contributed by atoms with van der Waals surface area (Å²) in [5.74, 6) is -2.78. The molecule has 5 N–H and O–H groups in total. The van der Waals surface area contributed by atoms with Crippen LogP contribution in [0.2, 0.25) is 0 Å². The van der Waals surface area contributed by atoms with E-state index in [1.807, 2.05) is 20.8 Å². The van der Waals surface area contributed by atoms with Crippen molar-refractivity contribution in [3.63, 3.8) is 0 Å². The minimum absolute atomic E-state index is 0.00425. The molecule has 1 aliphatic heterocycles. The molecule has 0 aromatic rings. The lowest BCUT2D eigenvalue weighted by atomic mass is 10.0. The maximum absolute atomic E-state index is 13.2. The van der Waals surface area contributed by atoms with Crippen LogP contribution in [0.15, 0.2) is 0 Å². The third-order valence-corrected chi connectivity index (χ3v) is 8.70. The summed E-state index contributed by atoms with van der Waals surface area (Å²) in [6.07, 6.45) is -5.35. The van der Waals surface area contributed by atoms with Gasteiger partial charge in [-0.05, 0) is 25.7 Å². The molecular formula is C37H66O15. The van der Waals surface area contributed by atoms with E-state index in [9.17, 15) is 39.6 Å². The van der Waals surface area contributed by atoms with E-state index in [1.165, 1.54) is 0 Å². The van der Waals surface area contributed by atoms with Crippen molar-refractivity contribution < 1.29 is 73.1 Å². The molecule has 0 saturated carbocycles. The van der Waals surface area contributed by atoms with Crippen LogP contribution in [0.1, 0.15) is 143 Å². The van der Waals surface area contributed by atoms with Gasteiger partial charge in [0.2, 0.25) is 18.7 Å².